The summed E-state index contributed by atoms with van der Waals surface area (Å²) in [5, 5.41) is 72.9. The highest BCUT2D eigenvalue weighted by Crippen LogP contribution is 2.31. The van der Waals surface area contributed by atoms with Gasteiger partial charge in [-0.2, -0.15) is 0 Å². The van der Waals surface area contributed by atoms with Crippen LogP contribution >= 0.6 is 0 Å². The standard InChI is InChI=1S/C36H69NO11/c1-3-5-7-9-11-13-15-17-19-21-23-37(28(40)22-20-18-16-14-12-10-8-6-4-2)35-32(44)31(43)34(27(25-39)46-35)48-36-33(45)30(42)29(41)26(24-38)47-36/h26-27,29-36,38-39,41-45H,3-25H2,1-2H3/t26-,27-,29+,30+,31-,32-,33-,34-,35-,36+/m1/s1. The van der Waals surface area contributed by atoms with Gasteiger partial charge in [0.2, 0.25) is 5.91 Å². The molecule has 0 radical (unpaired) electrons. The van der Waals surface area contributed by atoms with Crippen molar-refractivity contribution in [1.82, 2.24) is 4.90 Å². The summed E-state index contributed by atoms with van der Waals surface area (Å²) in [5.41, 5.74) is 0. The molecule has 48 heavy (non-hydrogen) atoms. The molecule has 2 aliphatic heterocycles. The van der Waals surface area contributed by atoms with Crippen molar-refractivity contribution in [2.75, 3.05) is 19.8 Å². The van der Waals surface area contributed by atoms with Crippen molar-refractivity contribution in [2.24, 2.45) is 0 Å². The number of nitrogens with zero attached hydrogens (tertiary/aromatic N) is 1. The maximum absolute atomic E-state index is 13.6. The molecule has 0 saturated carbocycles. The number of unbranched alkanes of at least 4 members (excludes halogenated alkanes) is 17. The number of ether oxygens (including phenoxy) is 3. The van der Waals surface area contributed by atoms with E-state index in [4.69, 9.17) is 14.2 Å². The van der Waals surface area contributed by atoms with Crippen molar-refractivity contribution >= 4 is 5.91 Å². The van der Waals surface area contributed by atoms with Crippen LogP contribution in [0, 0.1) is 0 Å². The van der Waals surface area contributed by atoms with Crippen LogP contribution in [0.4, 0.5) is 0 Å². The van der Waals surface area contributed by atoms with Gasteiger partial charge in [-0.25, -0.2) is 0 Å². The van der Waals surface area contributed by atoms with Gasteiger partial charge in [0, 0.05) is 13.0 Å². The van der Waals surface area contributed by atoms with Gasteiger partial charge in [0.15, 0.2) is 12.5 Å². The summed E-state index contributed by atoms with van der Waals surface area (Å²) in [6, 6.07) is 0. The number of rotatable bonds is 26. The lowest BCUT2D eigenvalue weighted by Gasteiger charge is -2.48. The molecular weight excluding hydrogens is 622 g/mol. The number of hydrogen-bond donors (Lipinski definition) is 7. The molecule has 0 aromatic rings. The molecule has 2 saturated heterocycles. The van der Waals surface area contributed by atoms with Crippen LogP contribution in [0.5, 0.6) is 0 Å². The molecule has 0 spiro atoms. The van der Waals surface area contributed by atoms with E-state index in [0.717, 1.165) is 38.5 Å². The molecule has 12 nitrogen and oxygen atoms in total. The minimum absolute atomic E-state index is 0.185. The van der Waals surface area contributed by atoms with Crippen molar-refractivity contribution in [3.63, 3.8) is 0 Å². The molecule has 284 valence electrons. The van der Waals surface area contributed by atoms with Gasteiger partial charge in [-0.3, -0.25) is 4.79 Å². The predicted molar refractivity (Wildman–Crippen MR) is 182 cm³/mol. The first-order valence-electron chi connectivity index (χ1n) is 19.1. The third-order valence-electron chi connectivity index (χ3n) is 9.85. The lowest BCUT2D eigenvalue weighted by atomic mass is 9.95. The number of carbonyl (C=O) groups excluding carboxylic acids is 1. The molecule has 1 amide bonds. The van der Waals surface area contributed by atoms with Crippen molar-refractivity contribution < 1.29 is 54.8 Å². The summed E-state index contributed by atoms with van der Waals surface area (Å²) in [6.07, 6.45) is 6.61. The van der Waals surface area contributed by atoms with Crippen LogP contribution in [0.3, 0.4) is 0 Å². The summed E-state index contributed by atoms with van der Waals surface area (Å²) in [7, 11) is 0. The van der Waals surface area contributed by atoms with E-state index in [1.165, 1.54) is 75.5 Å². The fraction of sp³-hybridized carbons (Fsp3) is 0.972. The molecule has 2 rings (SSSR count). The van der Waals surface area contributed by atoms with Gasteiger partial charge in [0.05, 0.1) is 13.2 Å². The second-order valence-electron chi connectivity index (χ2n) is 13.9. The monoisotopic (exact) mass is 691 g/mol. The molecular formula is C36H69NO11. The molecule has 2 fully saturated rings. The Morgan fingerprint density at radius 3 is 1.54 bits per heavy atom. The topological polar surface area (TPSA) is 190 Å². The van der Waals surface area contributed by atoms with Crippen molar-refractivity contribution in [2.45, 2.75) is 204 Å². The maximum Gasteiger partial charge on any atom is 0.224 e. The van der Waals surface area contributed by atoms with E-state index in [1.54, 1.807) is 0 Å². The Morgan fingerprint density at radius 2 is 1.04 bits per heavy atom. The smallest absolute Gasteiger partial charge is 0.224 e. The SMILES string of the molecule is CCCCCCCCCCCCN(C(=O)CCCCCCCCCCC)[C@@H]1O[C@H](CO)[C@@H](O[C@@H]2O[C@H](CO)[C@H](O)[C@H](O)[C@H]2O)[C@H](O)[C@H]1O. The Labute approximate surface area is 288 Å². The van der Waals surface area contributed by atoms with E-state index in [0.29, 0.717) is 19.4 Å². The molecule has 0 bridgehead atoms. The zero-order valence-corrected chi connectivity index (χ0v) is 29.7. The summed E-state index contributed by atoms with van der Waals surface area (Å²) in [6.45, 7) is 3.44. The van der Waals surface area contributed by atoms with E-state index < -0.39 is 74.6 Å². The summed E-state index contributed by atoms with van der Waals surface area (Å²) < 4.78 is 17.2. The van der Waals surface area contributed by atoms with Crippen LogP contribution < -0.4 is 0 Å². The van der Waals surface area contributed by atoms with Crippen LogP contribution in [0.25, 0.3) is 0 Å². The molecule has 0 aliphatic carbocycles. The molecule has 12 heteroatoms. The average molecular weight is 692 g/mol. The Hall–Kier alpha value is -0.930. The minimum Gasteiger partial charge on any atom is -0.394 e. The van der Waals surface area contributed by atoms with Gasteiger partial charge >= 0.3 is 0 Å². The molecule has 0 aromatic carbocycles. The Balaban J connectivity index is 2.00. The molecule has 10 atom stereocenters. The molecule has 0 aromatic heterocycles. The van der Waals surface area contributed by atoms with E-state index in [2.05, 4.69) is 13.8 Å². The summed E-state index contributed by atoms with van der Waals surface area (Å²) in [4.78, 5) is 15.1. The van der Waals surface area contributed by atoms with Gasteiger partial charge in [-0.15, -0.1) is 0 Å². The van der Waals surface area contributed by atoms with Gasteiger partial charge in [-0.05, 0) is 12.8 Å². The quantitative estimate of drug-likeness (QED) is 0.0660. The molecule has 2 heterocycles. The third kappa shape index (κ3) is 14.4. The number of amides is 1. The van der Waals surface area contributed by atoms with E-state index in [-0.39, 0.29) is 12.3 Å². The van der Waals surface area contributed by atoms with Crippen LogP contribution in [0.1, 0.15) is 142 Å². The lowest BCUT2D eigenvalue weighted by Crippen LogP contribution is -2.67. The van der Waals surface area contributed by atoms with Crippen molar-refractivity contribution in [3.05, 3.63) is 0 Å². The summed E-state index contributed by atoms with van der Waals surface area (Å²) in [5.74, 6) is -0.185. The molecule has 0 unspecified atom stereocenters. The maximum atomic E-state index is 13.6. The van der Waals surface area contributed by atoms with Gasteiger partial charge in [0.1, 0.15) is 48.8 Å². The second-order valence-corrected chi connectivity index (χ2v) is 13.9. The Kier molecular flexibility index (Phi) is 22.6. The van der Waals surface area contributed by atoms with E-state index in [1.807, 2.05) is 0 Å². The van der Waals surface area contributed by atoms with Crippen LogP contribution in [-0.2, 0) is 19.0 Å². The zero-order valence-electron chi connectivity index (χ0n) is 29.7. The first-order chi connectivity index (χ1) is 23.2. The van der Waals surface area contributed by atoms with Crippen LogP contribution in [0.15, 0.2) is 0 Å². The molecule has 7 N–H and O–H groups in total. The largest absolute Gasteiger partial charge is 0.394 e. The first-order valence-corrected chi connectivity index (χ1v) is 19.1. The van der Waals surface area contributed by atoms with Crippen molar-refractivity contribution in [1.29, 1.82) is 0 Å². The Bertz CT molecular complexity index is 819. The van der Waals surface area contributed by atoms with Crippen molar-refractivity contribution in [3.8, 4) is 0 Å². The number of carbonyl (C=O) groups is 1. The fourth-order valence-electron chi connectivity index (χ4n) is 6.72. The number of hydrogen-bond acceptors (Lipinski definition) is 11. The van der Waals surface area contributed by atoms with E-state index >= 15 is 0 Å². The highest BCUT2D eigenvalue weighted by molar-refractivity contribution is 5.76. The number of aliphatic hydroxyl groups excluding tert-OH is 7. The molecule has 2 aliphatic rings. The zero-order chi connectivity index (χ0) is 35.3. The van der Waals surface area contributed by atoms with E-state index in [9.17, 15) is 40.5 Å². The van der Waals surface area contributed by atoms with Gasteiger partial charge in [0.25, 0.3) is 0 Å². The van der Waals surface area contributed by atoms with Crippen LogP contribution in [-0.4, -0.2) is 128 Å². The highest BCUT2D eigenvalue weighted by Gasteiger charge is 2.51. The fourth-order valence-corrected chi connectivity index (χ4v) is 6.72. The Morgan fingerprint density at radius 1 is 0.562 bits per heavy atom. The van der Waals surface area contributed by atoms with Crippen LogP contribution in [0.2, 0.25) is 0 Å². The average Bonchev–Trinajstić information content (AvgIpc) is 3.09. The summed E-state index contributed by atoms with van der Waals surface area (Å²) >= 11 is 0. The second kappa shape index (κ2) is 25.1. The first kappa shape index (κ1) is 43.2. The number of aliphatic hydroxyl groups is 7. The normalized spacial score (nSPS) is 30.9. The minimum atomic E-state index is -1.74. The lowest BCUT2D eigenvalue weighted by molar-refractivity contribution is -0.348. The van der Waals surface area contributed by atoms with Gasteiger partial charge in [-0.1, -0.05) is 123 Å². The predicted octanol–water partition coefficient (Wildman–Crippen LogP) is 3.28. The van der Waals surface area contributed by atoms with Gasteiger partial charge < -0.3 is 54.9 Å². The highest BCUT2D eigenvalue weighted by atomic mass is 16.7. The third-order valence-corrected chi connectivity index (χ3v) is 9.85.